The third-order valence-corrected chi connectivity index (χ3v) is 6.62. The highest BCUT2D eigenvalue weighted by Gasteiger charge is 2.33. The van der Waals surface area contributed by atoms with Crippen LogP contribution in [-0.2, 0) is 21.0 Å². The predicted octanol–water partition coefficient (Wildman–Crippen LogP) is 6.14. The van der Waals surface area contributed by atoms with E-state index in [0.29, 0.717) is 16.8 Å². The van der Waals surface area contributed by atoms with Gasteiger partial charge in [-0.15, -0.1) is 0 Å². The largest absolute Gasteiger partial charge is 0.484 e. The Kier molecular flexibility index (Phi) is 7.64. The van der Waals surface area contributed by atoms with Gasteiger partial charge in [0.1, 0.15) is 5.75 Å². The Hall–Kier alpha value is -2.95. The fourth-order valence-corrected chi connectivity index (χ4v) is 4.21. The van der Waals surface area contributed by atoms with E-state index in [1.165, 1.54) is 36.4 Å². The Labute approximate surface area is 203 Å². The summed E-state index contributed by atoms with van der Waals surface area (Å²) in [6, 6.07) is 12.9. The van der Waals surface area contributed by atoms with Crippen LogP contribution in [0.25, 0.3) is 0 Å². The summed E-state index contributed by atoms with van der Waals surface area (Å²) in [6.07, 6.45) is -4.67. The summed E-state index contributed by atoms with van der Waals surface area (Å²) in [5.74, 6) is -0.537. The number of hydrogen-bond acceptors (Lipinski definition) is 4. The molecule has 3 aromatic carbocycles. The number of amides is 1. The zero-order chi connectivity index (χ0) is 25.1. The number of carbonyl (C=O) groups is 1. The maximum Gasteiger partial charge on any atom is 0.417 e. The SMILES string of the molecule is Cc1ccc(NS(=O)(=O)c2ccc(OCC(=O)Nc3ccc(Cl)c(C(F)(F)F)c3)cc2)cc1Cl. The molecule has 0 fully saturated rings. The fraction of sp³-hybridized carbons (Fsp3) is 0.136. The molecule has 12 heteroatoms. The normalized spacial score (nSPS) is 11.7. The van der Waals surface area contributed by atoms with Gasteiger partial charge in [-0.2, -0.15) is 13.2 Å². The number of alkyl halides is 3. The maximum atomic E-state index is 12.9. The van der Waals surface area contributed by atoms with Gasteiger partial charge in [0.05, 0.1) is 21.2 Å². The van der Waals surface area contributed by atoms with Gasteiger partial charge in [-0.3, -0.25) is 9.52 Å². The average Bonchev–Trinajstić information content (AvgIpc) is 2.75. The third kappa shape index (κ3) is 6.55. The summed E-state index contributed by atoms with van der Waals surface area (Å²) in [5, 5.41) is 2.21. The minimum absolute atomic E-state index is 0.0538. The van der Waals surface area contributed by atoms with Gasteiger partial charge in [0.2, 0.25) is 0 Å². The van der Waals surface area contributed by atoms with Crippen molar-refractivity contribution in [3.05, 3.63) is 81.8 Å². The number of benzene rings is 3. The summed E-state index contributed by atoms with van der Waals surface area (Å²) in [5.41, 5.74) is -0.0873. The van der Waals surface area contributed by atoms with E-state index in [1.54, 1.807) is 19.1 Å². The zero-order valence-electron chi connectivity index (χ0n) is 17.4. The lowest BCUT2D eigenvalue weighted by Gasteiger charge is -2.12. The van der Waals surface area contributed by atoms with Crippen LogP contribution in [0.1, 0.15) is 11.1 Å². The molecule has 0 aliphatic carbocycles. The average molecular weight is 533 g/mol. The molecule has 3 aromatic rings. The fourth-order valence-electron chi connectivity index (χ4n) is 2.75. The first-order valence-corrected chi connectivity index (χ1v) is 11.8. The predicted molar refractivity (Wildman–Crippen MR) is 124 cm³/mol. The number of anilines is 2. The van der Waals surface area contributed by atoms with Crippen LogP contribution < -0.4 is 14.8 Å². The smallest absolute Gasteiger partial charge is 0.417 e. The second kappa shape index (κ2) is 10.1. The molecule has 2 N–H and O–H groups in total. The van der Waals surface area contributed by atoms with Crippen molar-refractivity contribution >= 4 is 50.5 Å². The van der Waals surface area contributed by atoms with Crippen molar-refractivity contribution in [3.8, 4) is 5.75 Å². The molecule has 0 aliphatic heterocycles. The van der Waals surface area contributed by atoms with E-state index in [0.717, 1.165) is 11.6 Å². The van der Waals surface area contributed by atoms with Gasteiger partial charge in [-0.05, 0) is 67.1 Å². The Bertz CT molecular complexity index is 1310. The number of carbonyl (C=O) groups excluding carboxylic acids is 1. The van der Waals surface area contributed by atoms with Crippen LogP contribution in [0.3, 0.4) is 0 Å². The highest BCUT2D eigenvalue weighted by Crippen LogP contribution is 2.36. The molecule has 180 valence electrons. The van der Waals surface area contributed by atoms with Crippen molar-refractivity contribution < 1.29 is 31.1 Å². The van der Waals surface area contributed by atoms with Crippen LogP contribution in [0.2, 0.25) is 10.0 Å². The number of rotatable bonds is 7. The minimum Gasteiger partial charge on any atom is -0.484 e. The lowest BCUT2D eigenvalue weighted by Crippen LogP contribution is -2.20. The van der Waals surface area contributed by atoms with E-state index < -0.39 is 39.3 Å². The van der Waals surface area contributed by atoms with E-state index in [2.05, 4.69) is 10.0 Å². The standard InChI is InChI=1S/C22H17Cl2F3N2O4S/c1-13-2-3-15(11-20(13)24)29-34(31,32)17-7-5-16(6-8-17)33-12-21(30)28-14-4-9-19(23)18(10-14)22(25,26)27/h2-11,29H,12H2,1H3,(H,28,30). The molecule has 0 aromatic heterocycles. The molecular formula is C22H17Cl2F3N2O4S. The molecule has 1 amide bonds. The molecular weight excluding hydrogens is 516 g/mol. The van der Waals surface area contributed by atoms with E-state index in [4.69, 9.17) is 27.9 Å². The molecule has 0 saturated carbocycles. The lowest BCUT2D eigenvalue weighted by molar-refractivity contribution is -0.137. The van der Waals surface area contributed by atoms with Gasteiger partial charge in [0, 0.05) is 10.7 Å². The molecule has 0 bridgehead atoms. The van der Waals surface area contributed by atoms with Crippen LogP contribution in [0.4, 0.5) is 24.5 Å². The third-order valence-electron chi connectivity index (χ3n) is 4.48. The van der Waals surface area contributed by atoms with Crippen LogP contribution in [0.5, 0.6) is 5.75 Å². The van der Waals surface area contributed by atoms with E-state index in [9.17, 15) is 26.4 Å². The molecule has 0 aliphatic rings. The van der Waals surface area contributed by atoms with Gasteiger partial charge < -0.3 is 10.1 Å². The second-order valence-electron chi connectivity index (χ2n) is 7.07. The quantitative estimate of drug-likeness (QED) is 0.382. The molecule has 34 heavy (non-hydrogen) atoms. The second-order valence-corrected chi connectivity index (χ2v) is 9.57. The Morgan fingerprint density at radius 2 is 1.59 bits per heavy atom. The van der Waals surface area contributed by atoms with E-state index in [1.807, 2.05) is 0 Å². The van der Waals surface area contributed by atoms with Crippen molar-refractivity contribution in [3.63, 3.8) is 0 Å². The van der Waals surface area contributed by atoms with Crippen LogP contribution in [-0.4, -0.2) is 20.9 Å². The van der Waals surface area contributed by atoms with E-state index >= 15 is 0 Å². The van der Waals surface area contributed by atoms with Crippen LogP contribution in [0, 0.1) is 6.92 Å². The van der Waals surface area contributed by atoms with Crippen molar-refractivity contribution in [2.75, 3.05) is 16.6 Å². The molecule has 6 nitrogen and oxygen atoms in total. The van der Waals surface area contributed by atoms with Gasteiger partial charge >= 0.3 is 6.18 Å². The van der Waals surface area contributed by atoms with Gasteiger partial charge in [-0.25, -0.2) is 8.42 Å². The monoisotopic (exact) mass is 532 g/mol. The molecule has 0 heterocycles. The number of halogens is 5. The Balaban J connectivity index is 1.60. The zero-order valence-corrected chi connectivity index (χ0v) is 19.7. The summed E-state index contributed by atoms with van der Waals surface area (Å²) in [4.78, 5) is 12.0. The number of sulfonamides is 1. The number of nitrogens with one attached hydrogen (secondary N) is 2. The molecule has 0 atom stereocenters. The minimum atomic E-state index is -4.67. The first-order valence-electron chi connectivity index (χ1n) is 9.53. The van der Waals surface area contributed by atoms with Gasteiger partial charge in [-0.1, -0.05) is 29.3 Å². The van der Waals surface area contributed by atoms with Crippen molar-refractivity contribution in [1.29, 1.82) is 0 Å². The summed E-state index contributed by atoms with van der Waals surface area (Å²) in [7, 11) is -3.90. The van der Waals surface area contributed by atoms with Crippen LogP contribution in [0.15, 0.2) is 65.6 Å². The maximum absolute atomic E-state index is 12.9. The lowest BCUT2D eigenvalue weighted by atomic mass is 10.2. The molecule has 3 rings (SSSR count). The van der Waals surface area contributed by atoms with Gasteiger partial charge in [0.25, 0.3) is 15.9 Å². The van der Waals surface area contributed by atoms with Crippen LogP contribution >= 0.6 is 23.2 Å². The first kappa shape index (κ1) is 25.7. The topological polar surface area (TPSA) is 84.5 Å². The highest BCUT2D eigenvalue weighted by molar-refractivity contribution is 7.92. The summed E-state index contributed by atoms with van der Waals surface area (Å²) in [6.45, 7) is 1.27. The number of hydrogen-bond donors (Lipinski definition) is 2. The Morgan fingerprint density at radius 1 is 0.941 bits per heavy atom. The molecule has 0 unspecified atom stereocenters. The van der Waals surface area contributed by atoms with E-state index in [-0.39, 0.29) is 16.3 Å². The molecule has 0 saturated heterocycles. The summed E-state index contributed by atoms with van der Waals surface area (Å²) < 4.78 is 71.6. The summed E-state index contributed by atoms with van der Waals surface area (Å²) >= 11 is 11.6. The van der Waals surface area contributed by atoms with Gasteiger partial charge in [0.15, 0.2) is 6.61 Å². The highest BCUT2D eigenvalue weighted by atomic mass is 35.5. The molecule has 0 radical (unpaired) electrons. The molecule has 0 spiro atoms. The van der Waals surface area contributed by atoms with Crippen molar-refractivity contribution in [2.24, 2.45) is 0 Å². The first-order chi connectivity index (χ1) is 15.8. The van der Waals surface area contributed by atoms with Crippen molar-refractivity contribution in [1.82, 2.24) is 0 Å². The van der Waals surface area contributed by atoms with Crippen molar-refractivity contribution in [2.45, 2.75) is 18.0 Å². The Morgan fingerprint density at radius 3 is 2.21 bits per heavy atom. The number of ether oxygens (including phenoxy) is 1. The number of aryl methyl sites for hydroxylation is 1.